The lowest BCUT2D eigenvalue weighted by molar-refractivity contribution is -0.143. The molecule has 0 aromatic heterocycles. The number of benzene rings is 1. The molecule has 21 heavy (non-hydrogen) atoms. The summed E-state index contributed by atoms with van der Waals surface area (Å²) in [5, 5.41) is 6.10. The van der Waals surface area contributed by atoms with E-state index in [9.17, 15) is 26.3 Å². The molecule has 2 nitrogen and oxygen atoms in total. The van der Waals surface area contributed by atoms with Crippen LogP contribution in [0.1, 0.15) is 16.7 Å². The number of piperazine rings is 1. The fraction of sp³-hybridized carbons (Fsp3) is 0.538. The molecule has 2 rings (SSSR count). The standard InChI is InChI=1S/C13H14F6N2/c14-12(15,16)9-3-8(4-10(6-9)13(17,18)19)5-11-7-20-1-2-21-11/h3-4,6,11,20-21H,1-2,5,7H2/t11-/m0/s1. The van der Waals surface area contributed by atoms with Crippen LogP contribution in [0.5, 0.6) is 0 Å². The van der Waals surface area contributed by atoms with Gasteiger partial charge in [0.2, 0.25) is 0 Å². The smallest absolute Gasteiger partial charge is 0.314 e. The van der Waals surface area contributed by atoms with Crippen LogP contribution >= 0.6 is 0 Å². The molecular weight excluding hydrogens is 298 g/mol. The Labute approximate surface area is 117 Å². The van der Waals surface area contributed by atoms with Crippen LogP contribution in [0.25, 0.3) is 0 Å². The van der Waals surface area contributed by atoms with Gasteiger partial charge in [0.05, 0.1) is 11.1 Å². The Hall–Kier alpha value is -1.28. The molecular formula is C13H14F6N2. The number of halogens is 6. The van der Waals surface area contributed by atoms with Gasteiger partial charge in [-0.3, -0.25) is 0 Å². The van der Waals surface area contributed by atoms with Gasteiger partial charge < -0.3 is 10.6 Å². The van der Waals surface area contributed by atoms with Crippen molar-refractivity contribution in [2.24, 2.45) is 0 Å². The average Bonchev–Trinajstić information content (AvgIpc) is 2.37. The van der Waals surface area contributed by atoms with Crippen molar-refractivity contribution >= 4 is 0 Å². The summed E-state index contributed by atoms with van der Waals surface area (Å²) in [5.74, 6) is 0. The van der Waals surface area contributed by atoms with Gasteiger partial charge in [-0.15, -0.1) is 0 Å². The first-order valence-electron chi connectivity index (χ1n) is 6.39. The second-order valence-corrected chi connectivity index (χ2v) is 4.97. The number of alkyl halides is 6. The Morgan fingerprint density at radius 1 is 0.905 bits per heavy atom. The average molecular weight is 312 g/mol. The van der Waals surface area contributed by atoms with Crippen LogP contribution in [0.3, 0.4) is 0 Å². The lowest BCUT2D eigenvalue weighted by atomic mass is 9.99. The van der Waals surface area contributed by atoms with Crippen LogP contribution in [0.4, 0.5) is 26.3 Å². The van der Waals surface area contributed by atoms with Gasteiger partial charge >= 0.3 is 12.4 Å². The van der Waals surface area contributed by atoms with Crippen LogP contribution in [-0.2, 0) is 18.8 Å². The highest BCUT2D eigenvalue weighted by Crippen LogP contribution is 2.36. The fourth-order valence-electron chi connectivity index (χ4n) is 2.28. The van der Waals surface area contributed by atoms with E-state index in [1.54, 1.807) is 0 Å². The zero-order chi connectivity index (χ0) is 15.7. The first-order chi connectivity index (χ1) is 9.66. The van der Waals surface area contributed by atoms with Gasteiger partial charge in [-0.05, 0) is 30.2 Å². The molecule has 0 amide bonds. The monoisotopic (exact) mass is 312 g/mol. The van der Waals surface area contributed by atoms with Crippen molar-refractivity contribution in [3.05, 3.63) is 34.9 Å². The minimum atomic E-state index is -4.80. The van der Waals surface area contributed by atoms with Crippen molar-refractivity contribution in [1.29, 1.82) is 0 Å². The number of rotatable bonds is 2. The van der Waals surface area contributed by atoms with E-state index in [4.69, 9.17) is 0 Å². The molecule has 8 heteroatoms. The van der Waals surface area contributed by atoms with Crippen LogP contribution in [0.2, 0.25) is 0 Å². The Bertz CT molecular complexity index is 456. The Morgan fingerprint density at radius 3 is 1.90 bits per heavy atom. The molecule has 1 aromatic carbocycles. The van der Waals surface area contributed by atoms with E-state index in [0.717, 1.165) is 18.7 Å². The maximum absolute atomic E-state index is 12.7. The summed E-state index contributed by atoms with van der Waals surface area (Å²) in [6.45, 7) is 1.88. The normalized spacial score (nSPS) is 20.6. The molecule has 0 unspecified atom stereocenters. The lowest BCUT2D eigenvalue weighted by Gasteiger charge is -2.25. The van der Waals surface area contributed by atoms with Gasteiger partial charge in [-0.25, -0.2) is 0 Å². The second kappa shape index (κ2) is 5.84. The third-order valence-corrected chi connectivity index (χ3v) is 3.26. The summed E-state index contributed by atoms with van der Waals surface area (Å²) in [5.41, 5.74) is -2.51. The Balaban J connectivity index is 2.31. The van der Waals surface area contributed by atoms with Crippen LogP contribution in [0, 0.1) is 0 Å². The summed E-state index contributed by atoms with van der Waals surface area (Å²) in [6.07, 6.45) is -9.48. The molecule has 0 aliphatic carbocycles. The molecule has 2 N–H and O–H groups in total. The second-order valence-electron chi connectivity index (χ2n) is 4.97. The number of hydrogen-bond donors (Lipinski definition) is 2. The lowest BCUT2D eigenvalue weighted by Crippen LogP contribution is -2.49. The maximum Gasteiger partial charge on any atom is 0.416 e. The van der Waals surface area contributed by atoms with Gasteiger partial charge in [0.25, 0.3) is 0 Å². The summed E-state index contributed by atoms with van der Waals surface area (Å²) in [7, 11) is 0. The number of nitrogens with one attached hydrogen (secondary N) is 2. The van der Waals surface area contributed by atoms with Gasteiger partial charge in [-0.2, -0.15) is 26.3 Å². The molecule has 0 bridgehead atoms. The molecule has 1 fully saturated rings. The van der Waals surface area contributed by atoms with Crippen LogP contribution in [-0.4, -0.2) is 25.7 Å². The van der Waals surface area contributed by atoms with Crippen molar-refractivity contribution < 1.29 is 26.3 Å². The first-order valence-corrected chi connectivity index (χ1v) is 6.39. The predicted molar refractivity (Wildman–Crippen MR) is 64.8 cm³/mol. The predicted octanol–water partition coefficient (Wildman–Crippen LogP) is 2.83. The summed E-state index contributed by atoms with van der Waals surface area (Å²) < 4.78 is 76.3. The molecule has 1 atom stereocenters. The van der Waals surface area contributed by atoms with Crippen molar-refractivity contribution in [1.82, 2.24) is 10.6 Å². The molecule has 0 saturated carbocycles. The highest BCUT2D eigenvalue weighted by Gasteiger charge is 2.37. The van der Waals surface area contributed by atoms with Crippen LogP contribution < -0.4 is 10.6 Å². The van der Waals surface area contributed by atoms with Gasteiger partial charge in [0.15, 0.2) is 0 Å². The van der Waals surface area contributed by atoms with Crippen molar-refractivity contribution in [2.75, 3.05) is 19.6 Å². The van der Waals surface area contributed by atoms with E-state index in [1.165, 1.54) is 0 Å². The quantitative estimate of drug-likeness (QED) is 0.821. The summed E-state index contributed by atoms with van der Waals surface area (Å²) >= 11 is 0. The van der Waals surface area contributed by atoms with Gasteiger partial charge in [-0.1, -0.05) is 0 Å². The summed E-state index contributed by atoms with van der Waals surface area (Å²) in [4.78, 5) is 0. The Morgan fingerprint density at radius 2 is 1.48 bits per heavy atom. The van der Waals surface area contributed by atoms with E-state index < -0.39 is 23.5 Å². The molecule has 1 aromatic rings. The Kier molecular flexibility index (Phi) is 4.48. The zero-order valence-corrected chi connectivity index (χ0v) is 10.9. The van der Waals surface area contributed by atoms with Gasteiger partial charge in [0, 0.05) is 25.7 Å². The molecule has 0 radical (unpaired) electrons. The topological polar surface area (TPSA) is 24.1 Å². The minimum Gasteiger partial charge on any atom is -0.314 e. The molecule has 1 aliphatic heterocycles. The third-order valence-electron chi connectivity index (χ3n) is 3.26. The van der Waals surface area contributed by atoms with Crippen molar-refractivity contribution in [3.63, 3.8) is 0 Å². The largest absolute Gasteiger partial charge is 0.416 e. The molecule has 1 heterocycles. The SMILES string of the molecule is FC(F)(F)c1cc(C[C@H]2CNCCN2)cc(C(F)(F)F)c1. The van der Waals surface area contributed by atoms with Crippen LogP contribution in [0.15, 0.2) is 18.2 Å². The fourth-order valence-corrected chi connectivity index (χ4v) is 2.28. The van der Waals surface area contributed by atoms with E-state index in [1.807, 2.05) is 0 Å². The maximum atomic E-state index is 12.7. The zero-order valence-electron chi connectivity index (χ0n) is 10.9. The van der Waals surface area contributed by atoms with Crippen molar-refractivity contribution in [3.8, 4) is 0 Å². The molecule has 1 saturated heterocycles. The van der Waals surface area contributed by atoms with E-state index in [0.29, 0.717) is 13.1 Å². The van der Waals surface area contributed by atoms with E-state index in [2.05, 4.69) is 10.6 Å². The molecule has 1 aliphatic rings. The highest BCUT2D eigenvalue weighted by molar-refractivity contribution is 5.34. The first kappa shape index (κ1) is 16.1. The third kappa shape index (κ3) is 4.34. The molecule has 118 valence electrons. The highest BCUT2D eigenvalue weighted by atomic mass is 19.4. The van der Waals surface area contributed by atoms with E-state index in [-0.39, 0.29) is 24.1 Å². The number of hydrogen-bond acceptors (Lipinski definition) is 2. The van der Waals surface area contributed by atoms with Gasteiger partial charge in [0.1, 0.15) is 0 Å². The van der Waals surface area contributed by atoms with E-state index >= 15 is 0 Å². The summed E-state index contributed by atoms with van der Waals surface area (Å²) in [6, 6.07) is 1.54. The van der Waals surface area contributed by atoms with Crippen molar-refractivity contribution in [2.45, 2.75) is 24.8 Å². The molecule has 0 spiro atoms. The minimum absolute atomic E-state index is 0.0263.